The van der Waals surface area contributed by atoms with Gasteiger partial charge in [-0.2, -0.15) is 13.2 Å². The second kappa shape index (κ2) is 11.4. The number of halogens is 5. The van der Waals surface area contributed by atoms with Crippen molar-refractivity contribution < 1.29 is 32.9 Å². The first kappa shape index (κ1) is 28.7. The molecule has 4 heterocycles. The number of rotatable bonds is 6. The highest BCUT2D eigenvalue weighted by atomic mass is 35.5. The number of carbonyl (C=O) groups excluding carboxylic acids is 1. The van der Waals surface area contributed by atoms with E-state index in [1.807, 2.05) is 4.90 Å². The maximum absolute atomic E-state index is 13.5. The fourth-order valence-corrected chi connectivity index (χ4v) is 4.77. The molecule has 5 rings (SSSR count). The number of aromatic nitrogens is 2. The Hall–Kier alpha value is -3.32. The second-order valence-electron chi connectivity index (χ2n) is 8.95. The van der Waals surface area contributed by atoms with Crippen LogP contribution in [-0.4, -0.2) is 64.7 Å². The number of amides is 2. The zero-order valence-corrected chi connectivity index (χ0v) is 21.8. The van der Waals surface area contributed by atoms with Crippen molar-refractivity contribution in [2.45, 2.75) is 24.7 Å². The standard InChI is InChI=1S/C25H23ClF3N5O4.ClH/c26-19-10-20-23(32-22(19)14-2-1-3-15(8-14)25(27,28)29)34(16-5-7-33(20)11-16)24(37)31-21-9-18(4-6-30-21)38-13-17(36)12-35;/h1-4,6,8-10,16-17,35-36H,5,7,11-13H2,(H,30,31,37);1H/t16-,17+;/m0./s1. The molecule has 0 radical (unpaired) electrons. The average molecular weight is 586 g/mol. The molecule has 2 bridgehead atoms. The molecule has 0 unspecified atom stereocenters. The monoisotopic (exact) mass is 585 g/mol. The first-order chi connectivity index (χ1) is 18.1. The number of alkyl halides is 3. The van der Waals surface area contributed by atoms with Crippen LogP contribution in [0.2, 0.25) is 5.02 Å². The molecule has 1 saturated heterocycles. The molecule has 2 atom stereocenters. The lowest BCUT2D eigenvalue weighted by atomic mass is 10.1. The first-order valence-corrected chi connectivity index (χ1v) is 12.1. The zero-order chi connectivity index (χ0) is 27.0. The van der Waals surface area contributed by atoms with Crippen molar-refractivity contribution in [3.63, 3.8) is 0 Å². The van der Waals surface area contributed by atoms with E-state index in [1.165, 1.54) is 35.4 Å². The van der Waals surface area contributed by atoms with E-state index in [0.29, 0.717) is 30.9 Å². The first-order valence-electron chi connectivity index (χ1n) is 11.7. The molecule has 3 N–H and O–H groups in total. The van der Waals surface area contributed by atoms with Gasteiger partial charge in [0.05, 0.1) is 34.6 Å². The number of nitrogens with zero attached hydrogens (tertiary/aromatic N) is 4. The number of fused-ring (bicyclic) bond motifs is 4. The summed E-state index contributed by atoms with van der Waals surface area (Å²) in [5.41, 5.74) is 0.0895. The maximum atomic E-state index is 13.5. The van der Waals surface area contributed by atoms with Crippen molar-refractivity contribution in [2.24, 2.45) is 0 Å². The zero-order valence-electron chi connectivity index (χ0n) is 20.2. The van der Waals surface area contributed by atoms with Gasteiger partial charge in [-0.3, -0.25) is 10.2 Å². The van der Waals surface area contributed by atoms with Gasteiger partial charge in [0.15, 0.2) is 5.82 Å². The molecule has 2 aliphatic heterocycles. The Bertz CT molecular complexity index is 1360. The molecule has 0 spiro atoms. The third-order valence-corrected chi connectivity index (χ3v) is 6.62. The smallest absolute Gasteiger partial charge is 0.416 e. The Morgan fingerprint density at radius 1 is 1.26 bits per heavy atom. The molecule has 39 heavy (non-hydrogen) atoms. The average Bonchev–Trinajstić information content (AvgIpc) is 3.31. The largest absolute Gasteiger partial charge is 0.491 e. The van der Waals surface area contributed by atoms with Gasteiger partial charge in [-0.25, -0.2) is 14.8 Å². The Balaban J connectivity index is 0.00000353. The molecule has 2 amide bonds. The van der Waals surface area contributed by atoms with Crippen molar-refractivity contribution >= 4 is 47.4 Å². The maximum Gasteiger partial charge on any atom is 0.416 e. The predicted molar refractivity (Wildman–Crippen MR) is 142 cm³/mol. The van der Waals surface area contributed by atoms with Crippen LogP contribution in [0.25, 0.3) is 11.3 Å². The number of anilines is 3. The van der Waals surface area contributed by atoms with E-state index in [9.17, 15) is 23.1 Å². The molecule has 1 fully saturated rings. The van der Waals surface area contributed by atoms with Crippen molar-refractivity contribution in [1.82, 2.24) is 9.97 Å². The number of ether oxygens (including phenoxy) is 1. The minimum atomic E-state index is -4.53. The summed E-state index contributed by atoms with van der Waals surface area (Å²) < 4.78 is 45.4. The lowest BCUT2D eigenvalue weighted by molar-refractivity contribution is -0.137. The van der Waals surface area contributed by atoms with Crippen molar-refractivity contribution in [3.05, 3.63) is 59.2 Å². The number of pyridine rings is 2. The summed E-state index contributed by atoms with van der Waals surface area (Å²) in [6.07, 6.45) is -3.51. The van der Waals surface area contributed by atoms with E-state index in [1.54, 1.807) is 6.07 Å². The Kier molecular flexibility index (Phi) is 8.40. The fourth-order valence-electron chi connectivity index (χ4n) is 4.52. The van der Waals surface area contributed by atoms with Crippen LogP contribution < -0.4 is 19.9 Å². The Morgan fingerprint density at radius 3 is 2.79 bits per heavy atom. The number of nitrogens with one attached hydrogen (secondary N) is 1. The number of aliphatic hydroxyl groups excluding tert-OH is 2. The van der Waals surface area contributed by atoms with Crippen LogP contribution in [-0.2, 0) is 6.18 Å². The lowest BCUT2D eigenvalue weighted by Crippen LogP contribution is -2.48. The summed E-state index contributed by atoms with van der Waals surface area (Å²) in [7, 11) is 0. The lowest BCUT2D eigenvalue weighted by Gasteiger charge is -2.36. The van der Waals surface area contributed by atoms with Gasteiger partial charge in [0.25, 0.3) is 0 Å². The molecule has 9 nitrogen and oxygen atoms in total. The van der Waals surface area contributed by atoms with Crippen LogP contribution >= 0.6 is 24.0 Å². The number of urea groups is 1. The van der Waals surface area contributed by atoms with E-state index >= 15 is 0 Å². The minimum absolute atomic E-state index is 0. The Labute approximate surface area is 232 Å². The molecule has 1 aromatic carbocycles. The third kappa shape index (κ3) is 5.98. The number of aliphatic hydroxyl groups is 2. The van der Waals surface area contributed by atoms with Crippen LogP contribution in [0.15, 0.2) is 48.7 Å². The van der Waals surface area contributed by atoms with Gasteiger partial charge in [-0.1, -0.05) is 23.7 Å². The fraction of sp³-hybridized carbons (Fsp3) is 0.320. The highest BCUT2D eigenvalue weighted by Gasteiger charge is 2.41. The molecule has 0 saturated carbocycles. The summed E-state index contributed by atoms with van der Waals surface area (Å²) in [6, 6.07) is 8.61. The van der Waals surface area contributed by atoms with E-state index in [4.69, 9.17) is 21.4 Å². The third-order valence-electron chi connectivity index (χ3n) is 6.34. The number of hydrogen-bond acceptors (Lipinski definition) is 7. The summed E-state index contributed by atoms with van der Waals surface area (Å²) >= 11 is 6.49. The van der Waals surface area contributed by atoms with Gasteiger partial charge in [0, 0.05) is 30.9 Å². The van der Waals surface area contributed by atoms with E-state index < -0.39 is 30.5 Å². The topological polar surface area (TPSA) is 111 Å². The SMILES string of the molecule is Cl.O=C(Nc1cc(OC[C@H](O)CO)ccn1)N1c2nc(-c3cccc(C(F)(F)F)c3)c(Cl)cc2N2CC[C@H]1C2. The summed E-state index contributed by atoms with van der Waals surface area (Å²) in [5.74, 6) is 0.789. The van der Waals surface area contributed by atoms with Crippen LogP contribution in [0.1, 0.15) is 12.0 Å². The highest BCUT2D eigenvalue weighted by molar-refractivity contribution is 6.33. The van der Waals surface area contributed by atoms with Gasteiger partial charge >= 0.3 is 12.2 Å². The molecule has 14 heteroatoms. The van der Waals surface area contributed by atoms with Crippen LogP contribution in [0.5, 0.6) is 5.75 Å². The highest BCUT2D eigenvalue weighted by Crippen LogP contribution is 2.43. The normalized spacial score (nSPS) is 16.8. The van der Waals surface area contributed by atoms with E-state index in [2.05, 4.69) is 15.3 Å². The van der Waals surface area contributed by atoms with Crippen LogP contribution in [0.3, 0.4) is 0 Å². The number of hydrogen-bond donors (Lipinski definition) is 3. The molecule has 2 aromatic heterocycles. The van der Waals surface area contributed by atoms with Gasteiger partial charge in [-0.05, 0) is 30.7 Å². The summed E-state index contributed by atoms with van der Waals surface area (Å²) in [4.78, 5) is 25.7. The van der Waals surface area contributed by atoms with E-state index in [0.717, 1.165) is 12.1 Å². The Morgan fingerprint density at radius 2 is 2.05 bits per heavy atom. The summed E-state index contributed by atoms with van der Waals surface area (Å²) in [6.45, 7) is 0.614. The molecule has 3 aromatic rings. The molecular weight excluding hydrogens is 562 g/mol. The minimum Gasteiger partial charge on any atom is -0.491 e. The number of benzene rings is 1. The van der Waals surface area contributed by atoms with Crippen molar-refractivity contribution in [1.29, 1.82) is 0 Å². The molecule has 208 valence electrons. The van der Waals surface area contributed by atoms with Gasteiger partial charge in [-0.15, -0.1) is 12.4 Å². The molecule has 0 aliphatic carbocycles. The quantitative estimate of drug-likeness (QED) is 0.387. The molecule has 2 aliphatic rings. The van der Waals surface area contributed by atoms with Crippen LogP contribution in [0, 0.1) is 0 Å². The van der Waals surface area contributed by atoms with Crippen molar-refractivity contribution in [3.8, 4) is 17.0 Å². The number of carbonyl (C=O) groups is 1. The second-order valence-corrected chi connectivity index (χ2v) is 9.36. The van der Waals surface area contributed by atoms with Crippen molar-refractivity contribution in [2.75, 3.05) is 41.4 Å². The van der Waals surface area contributed by atoms with Gasteiger partial charge in [0.1, 0.15) is 24.3 Å². The predicted octanol–water partition coefficient (Wildman–Crippen LogP) is 4.60. The van der Waals surface area contributed by atoms with E-state index in [-0.39, 0.29) is 53.0 Å². The molecular formula is C25H24Cl2F3N5O4. The van der Waals surface area contributed by atoms with Gasteiger partial charge in [0.2, 0.25) is 0 Å². The summed E-state index contributed by atoms with van der Waals surface area (Å²) in [5, 5.41) is 21.3. The van der Waals surface area contributed by atoms with Gasteiger partial charge < -0.3 is 19.8 Å². The van der Waals surface area contributed by atoms with Crippen LogP contribution in [0.4, 0.5) is 35.3 Å².